The molecule has 0 N–H and O–H groups in total. The maximum absolute atomic E-state index is 12.9. The average Bonchev–Trinajstić information content (AvgIpc) is 3.47. The predicted molar refractivity (Wildman–Crippen MR) is 352 cm³/mol. The van der Waals surface area contributed by atoms with E-state index in [0.29, 0.717) is 19.3 Å². The van der Waals surface area contributed by atoms with Gasteiger partial charge in [-0.3, -0.25) is 14.4 Å². The van der Waals surface area contributed by atoms with Gasteiger partial charge in [0.2, 0.25) is 0 Å². The highest BCUT2D eigenvalue weighted by atomic mass is 16.6. The van der Waals surface area contributed by atoms with Crippen LogP contribution >= 0.6 is 0 Å². The summed E-state index contributed by atoms with van der Waals surface area (Å²) < 4.78 is 16.9. The Bertz CT molecular complexity index is 1760. The molecule has 81 heavy (non-hydrogen) atoms. The molecule has 1 unspecified atom stereocenters. The predicted octanol–water partition coefficient (Wildman–Crippen LogP) is 23.1. The van der Waals surface area contributed by atoms with E-state index in [2.05, 4.69) is 167 Å². The molecule has 1 atom stereocenters. The number of hydrogen-bond donors (Lipinski definition) is 0. The smallest absolute Gasteiger partial charge is 0.306 e. The van der Waals surface area contributed by atoms with Crippen molar-refractivity contribution < 1.29 is 28.6 Å². The van der Waals surface area contributed by atoms with Gasteiger partial charge < -0.3 is 14.2 Å². The zero-order chi connectivity index (χ0) is 58.5. The molecule has 0 aromatic heterocycles. The van der Waals surface area contributed by atoms with Gasteiger partial charge in [0.05, 0.1) is 0 Å². The topological polar surface area (TPSA) is 78.9 Å². The third-order valence-electron chi connectivity index (χ3n) is 13.8. The van der Waals surface area contributed by atoms with Crippen LogP contribution in [0.25, 0.3) is 0 Å². The number of esters is 3. The van der Waals surface area contributed by atoms with Gasteiger partial charge in [0.15, 0.2) is 6.10 Å². The largest absolute Gasteiger partial charge is 0.462 e. The first kappa shape index (κ1) is 76.3. The van der Waals surface area contributed by atoms with Crippen molar-refractivity contribution in [3.8, 4) is 0 Å². The molecular formula is C75H122O6. The molecule has 0 aromatic carbocycles. The molecule has 0 saturated carbocycles. The van der Waals surface area contributed by atoms with Gasteiger partial charge in [0, 0.05) is 19.3 Å². The molecule has 6 nitrogen and oxygen atoms in total. The zero-order valence-electron chi connectivity index (χ0n) is 52.5. The number of hydrogen-bond acceptors (Lipinski definition) is 6. The van der Waals surface area contributed by atoms with Crippen molar-refractivity contribution >= 4 is 17.9 Å². The van der Waals surface area contributed by atoms with Crippen LogP contribution in [0.15, 0.2) is 146 Å². The van der Waals surface area contributed by atoms with Crippen molar-refractivity contribution in [2.24, 2.45) is 0 Å². The lowest BCUT2D eigenvalue weighted by molar-refractivity contribution is -0.167. The van der Waals surface area contributed by atoms with E-state index in [9.17, 15) is 14.4 Å². The molecule has 0 aromatic rings. The summed E-state index contributed by atoms with van der Waals surface area (Å²) in [5.74, 6) is -0.923. The Hall–Kier alpha value is -4.71. The Morgan fingerprint density at radius 3 is 0.753 bits per heavy atom. The van der Waals surface area contributed by atoms with Crippen molar-refractivity contribution in [2.75, 3.05) is 13.2 Å². The van der Waals surface area contributed by atoms with Crippen molar-refractivity contribution in [1.29, 1.82) is 0 Å². The van der Waals surface area contributed by atoms with Crippen LogP contribution in [0.3, 0.4) is 0 Å². The standard InChI is InChI=1S/C75H122O6/c1-4-7-10-13-16-19-22-25-28-31-33-34-35-36-37-38-39-40-42-44-47-50-53-56-59-62-65-68-74(77)80-71-72(70-79-73(76)67-64-61-58-55-52-49-46-43-30-27-24-21-18-15-12-9-6-3)81-75(78)69-66-63-60-57-54-51-48-45-41-32-29-26-23-20-17-14-11-8-5-2/h7,9-10,12,16-21,25-30,33-34,36-37,39-41,45,72H,4-6,8,11,13-15,22-24,31-32,35,38,42-44,46-71H2,1-3H3/b10-7-,12-9-,19-16-,20-17-,21-18-,28-25-,29-26-,30-27-,34-33-,37-36-,40-39-,45-41-. The fraction of sp³-hybridized carbons (Fsp3) is 0.640. The third-order valence-corrected chi connectivity index (χ3v) is 13.8. The summed E-state index contributed by atoms with van der Waals surface area (Å²) in [6, 6.07) is 0. The Kier molecular flexibility index (Phi) is 63.9. The Morgan fingerprint density at radius 1 is 0.259 bits per heavy atom. The quantitative estimate of drug-likeness (QED) is 0.0261. The minimum absolute atomic E-state index is 0.0957. The monoisotopic (exact) mass is 1120 g/mol. The van der Waals surface area contributed by atoms with E-state index in [0.717, 1.165) is 154 Å². The third kappa shape index (κ3) is 66.0. The Labute approximate surface area is 499 Å². The summed E-state index contributed by atoms with van der Waals surface area (Å²) in [6.45, 7) is 6.37. The average molecular weight is 1120 g/mol. The first-order valence-corrected chi connectivity index (χ1v) is 33.3. The van der Waals surface area contributed by atoms with E-state index in [1.165, 1.54) is 96.3 Å². The molecule has 0 rings (SSSR count). The molecule has 0 heterocycles. The molecule has 0 aliphatic carbocycles. The fourth-order valence-corrected chi connectivity index (χ4v) is 8.88. The molecular weight excluding hydrogens is 997 g/mol. The lowest BCUT2D eigenvalue weighted by Gasteiger charge is -2.18. The minimum Gasteiger partial charge on any atom is -0.462 e. The summed E-state index contributed by atoms with van der Waals surface area (Å²) in [4.78, 5) is 38.4. The number of carbonyl (C=O) groups is 3. The molecule has 458 valence electrons. The van der Waals surface area contributed by atoms with Gasteiger partial charge in [0.1, 0.15) is 13.2 Å². The molecule has 0 aliphatic rings. The lowest BCUT2D eigenvalue weighted by Crippen LogP contribution is -2.30. The first-order chi connectivity index (χ1) is 40.0. The molecule has 0 spiro atoms. The molecule has 0 aliphatic heterocycles. The number of allylic oxidation sites excluding steroid dienone is 24. The Balaban J connectivity index is 4.43. The molecule has 0 saturated heterocycles. The zero-order valence-corrected chi connectivity index (χ0v) is 52.5. The van der Waals surface area contributed by atoms with Gasteiger partial charge in [-0.1, -0.05) is 276 Å². The van der Waals surface area contributed by atoms with Crippen LogP contribution in [0, 0.1) is 0 Å². The van der Waals surface area contributed by atoms with Crippen LogP contribution in [0.5, 0.6) is 0 Å². The number of ether oxygens (including phenoxy) is 3. The summed E-state index contributed by atoms with van der Waals surface area (Å²) >= 11 is 0. The van der Waals surface area contributed by atoms with E-state index >= 15 is 0 Å². The van der Waals surface area contributed by atoms with Crippen molar-refractivity contribution in [3.05, 3.63) is 146 Å². The molecule has 0 amide bonds. The van der Waals surface area contributed by atoms with E-state index in [4.69, 9.17) is 14.2 Å². The van der Waals surface area contributed by atoms with Crippen LogP contribution in [0.4, 0.5) is 0 Å². The van der Waals surface area contributed by atoms with Crippen LogP contribution in [0.1, 0.15) is 290 Å². The highest BCUT2D eigenvalue weighted by Gasteiger charge is 2.19. The van der Waals surface area contributed by atoms with Crippen molar-refractivity contribution in [3.63, 3.8) is 0 Å². The van der Waals surface area contributed by atoms with Crippen molar-refractivity contribution in [1.82, 2.24) is 0 Å². The van der Waals surface area contributed by atoms with Gasteiger partial charge >= 0.3 is 17.9 Å². The fourth-order valence-electron chi connectivity index (χ4n) is 8.88. The van der Waals surface area contributed by atoms with Crippen LogP contribution < -0.4 is 0 Å². The van der Waals surface area contributed by atoms with Gasteiger partial charge in [-0.25, -0.2) is 0 Å². The second-order valence-corrected chi connectivity index (χ2v) is 21.6. The number of unbranched alkanes of at least 4 members (excludes halogenated alkanes) is 24. The van der Waals surface area contributed by atoms with Gasteiger partial charge in [-0.2, -0.15) is 0 Å². The van der Waals surface area contributed by atoms with E-state index in [1.807, 2.05) is 0 Å². The summed E-state index contributed by atoms with van der Waals surface area (Å²) in [5.41, 5.74) is 0. The maximum Gasteiger partial charge on any atom is 0.306 e. The Morgan fingerprint density at radius 2 is 0.481 bits per heavy atom. The second kappa shape index (κ2) is 67.8. The second-order valence-electron chi connectivity index (χ2n) is 21.6. The van der Waals surface area contributed by atoms with E-state index in [-0.39, 0.29) is 31.1 Å². The normalized spacial score (nSPS) is 13.1. The van der Waals surface area contributed by atoms with Crippen LogP contribution in [-0.2, 0) is 28.6 Å². The lowest BCUT2D eigenvalue weighted by atomic mass is 10.1. The molecule has 0 bridgehead atoms. The summed E-state index contributed by atoms with van der Waals surface area (Å²) in [5, 5.41) is 0. The number of rotatable bonds is 59. The minimum atomic E-state index is -0.801. The summed E-state index contributed by atoms with van der Waals surface area (Å²) in [7, 11) is 0. The number of carbonyl (C=O) groups excluding carboxylic acids is 3. The van der Waals surface area contributed by atoms with Gasteiger partial charge in [-0.05, 0) is 141 Å². The molecule has 0 fully saturated rings. The molecule has 6 heteroatoms. The van der Waals surface area contributed by atoms with Crippen LogP contribution in [0.2, 0.25) is 0 Å². The SMILES string of the molecule is CC/C=C\C/C=C\C/C=C\C/C=C\C/C=C\C/C=C\CCCCCCCCCCC(=O)OCC(COC(=O)CCCCCCCCC/C=C\C/C=C\C/C=C\CC)OC(=O)CCCCCCCC/C=C\C/C=C\C/C=C\CCCCC. The highest BCUT2D eigenvalue weighted by molar-refractivity contribution is 5.71. The van der Waals surface area contributed by atoms with E-state index < -0.39 is 6.10 Å². The van der Waals surface area contributed by atoms with Gasteiger partial charge in [0.25, 0.3) is 0 Å². The summed E-state index contributed by atoms with van der Waals surface area (Å²) in [6.07, 6.45) is 97.0. The maximum atomic E-state index is 12.9. The van der Waals surface area contributed by atoms with E-state index in [1.54, 1.807) is 0 Å². The first-order valence-electron chi connectivity index (χ1n) is 33.3. The molecule has 0 radical (unpaired) electrons. The van der Waals surface area contributed by atoms with Crippen molar-refractivity contribution in [2.45, 2.75) is 297 Å². The van der Waals surface area contributed by atoms with Crippen LogP contribution in [-0.4, -0.2) is 37.2 Å². The van der Waals surface area contributed by atoms with Gasteiger partial charge in [-0.15, -0.1) is 0 Å². The highest BCUT2D eigenvalue weighted by Crippen LogP contribution is 2.15.